The number of rotatable bonds is 5. The number of unbranched alkanes of at least 4 members (excludes halogenated alkanes) is 1. The third kappa shape index (κ3) is 3.08. The summed E-state index contributed by atoms with van der Waals surface area (Å²) in [7, 11) is 0. The van der Waals surface area contributed by atoms with Crippen LogP contribution >= 0.6 is 0 Å². The van der Waals surface area contributed by atoms with Crippen LogP contribution in [0.4, 0.5) is 0 Å². The van der Waals surface area contributed by atoms with Gasteiger partial charge in [-0.3, -0.25) is 14.4 Å². The number of carbonyl (C=O) groups is 3. The Morgan fingerprint density at radius 1 is 1.27 bits per heavy atom. The van der Waals surface area contributed by atoms with Crippen molar-refractivity contribution in [1.29, 1.82) is 0 Å². The van der Waals surface area contributed by atoms with Crippen LogP contribution in [-0.2, 0) is 23.9 Å². The van der Waals surface area contributed by atoms with Crippen LogP contribution in [0.5, 0.6) is 0 Å². The molecule has 8 heteroatoms. The molecule has 2 amide bonds. The van der Waals surface area contributed by atoms with Gasteiger partial charge in [-0.25, -0.2) is 0 Å². The van der Waals surface area contributed by atoms with Crippen molar-refractivity contribution in [1.82, 2.24) is 9.80 Å². The minimum Gasteiger partial charge on any atom is -0.465 e. The van der Waals surface area contributed by atoms with Gasteiger partial charge in [0.1, 0.15) is 17.6 Å². The molecule has 4 aliphatic heterocycles. The zero-order chi connectivity index (χ0) is 21.5. The van der Waals surface area contributed by atoms with Crippen molar-refractivity contribution < 1.29 is 29.0 Å². The van der Waals surface area contributed by atoms with Crippen molar-refractivity contribution in [3.63, 3.8) is 0 Å². The Kier molecular flexibility index (Phi) is 5.72. The van der Waals surface area contributed by atoms with E-state index < -0.39 is 41.6 Å². The summed E-state index contributed by atoms with van der Waals surface area (Å²) < 4.78 is 11.8. The normalized spacial score (nSPS) is 36.6. The lowest BCUT2D eigenvalue weighted by Gasteiger charge is -2.37. The van der Waals surface area contributed by atoms with Crippen LogP contribution in [0.2, 0.25) is 0 Å². The quantitative estimate of drug-likeness (QED) is 0.520. The van der Waals surface area contributed by atoms with Gasteiger partial charge in [0.15, 0.2) is 0 Å². The van der Waals surface area contributed by atoms with Crippen LogP contribution < -0.4 is 0 Å². The average Bonchev–Trinajstić information content (AvgIpc) is 3.11. The van der Waals surface area contributed by atoms with Gasteiger partial charge in [-0.1, -0.05) is 37.6 Å². The summed E-state index contributed by atoms with van der Waals surface area (Å²) in [6, 6.07) is -1.49. The first-order valence-electron chi connectivity index (χ1n) is 10.9. The highest BCUT2D eigenvalue weighted by molar-refractivity contribution is 5.99. The van der Waals surface area contributed by atoms with E-state index in [1.165, 1.54) is 4.90 Å². The van der Waals surface area contributed by atoms with Gasteiger partial charge >= 0.3 is 5.97 Å². The number of fused-ring (bicyclic) bond motifs is 2. The highest BCUT2D eigenvalue weighted by Gasteiger charge is 2.72. The van der Waals surface area contributed by atoms with Crippen LogP contribution in [0, 0.1) is 11.8 Å². The maximum absolute atomic E-state index is 13.7. The first-order valence-corrected chi connectivity index (χ1v) is 10.9. The Hall–Kier alpha value is -2.19. The van der Waals surface area contributed by atoms with Crippen molar-refractivity contribution >= 4 is 17.8 Å². The molecule has 0 saturated carbocycles. The van der Waals surface area contributed by atoms with Crippen LogP contribution in [0.1, 0.15) is 33.1 Å². The van der Waals surface area contributed by atoms with E-state index in [1.54, 1.807) is 17.9 Å². The Labute approximate surface area is 176 Å². The first kappa shape index (κ1) is 21.1. The van der Waals surface area contributed by atoms with E-state index in [-0.39, 0.29) is 25.0 Å². The minimum atomic E-state index is -1.25. The molecule has 4 rings (SSSR count). The Morgan fingerprint density at radius 2 is 2.07 bits per heavy atom. The number of aliphatic hydroxyl groups excluding tert-OH is 1. The summed E-state index contributed by atoms with van der Waals surface area (Å²) in [6.07, 6.45) is 9.15. The van der Waals surface area contributed by atoms with E-state index in [4.69, 9.17) is 9.47 Å². The number of nitrogens with zero attached hydrogens (tertiary/aromatic N) is 2. The van der Waals surface area contributed by atoms with Crippen LogP contribution in [0.3, 0.4) is 0 Å². The van der Waals surface area contributed by atoms with Gasteiger partial charge in [-0.15, -0.1) is 0 Å². The number of carbonyl (C=O) groups excluding carboxylic acids is 3. The molecule has 0 radical (unpaired) electrons. The van der Waals surface area contributed by atoms with Crippen molar-refractivity contribution in [3.8, 4) is 0 Å². The fourth-order valence-corrected chi connectivity index (χ4v) is 5.21. The van der Waals surface area contributed by atoms with E-state index in [0.717, 1.165) is 12.8 Å². The topological polar surface area (TPSA) is 96.4 Å². The van der Waals surface area contributed by atoms with Gasteiger partial charge in [-0.05, 0) is 19.8 Å². The molecule has 6 atom stereocenters. The molecule has 1 spiro atoms. The molecular formula is C22H30N2O6. The standard InChI is InChI=1S/C22H30N2O6/c1-3-4-10-23-11-7-9-22-17(16-15(30-22)8-5-6-12-29-21(16)28)19(26)24(14(2)13-25)18(22)20(23)27/h5,7-9,14-18,25H,3-4,6,10-13H2,1-2H3/t14-,15+,16-,17+,18?,22+/m1/s1. The Balaban J connectivity index is 1.81. The van der Waals surface area contributed by atoms with Crippen molar-refractivity contribution in [3.05, 3.63) is 24.3 Å². The molecule has 0 aromatic rings. The zero-order valence-corrected chi connectivity index (χ0v) is 17.5. The van der Waals surface area contributed by atoms with Gasteiger partial charge in [0.2, 0.25) is 11.8 Å². The number of cyclic esters (lactones) is 1. The molecule has 0 aliphatic carbocycles. The Bertz CT molecular complexity index is 780. The predicted octanol–water partition coefficient (Wildman–Crippen LogP) is 0.650. The summed E-state index contributed by atoms with van der Waals surface area (Å²) >= 11 is 0. The van der Waals surface area contributed by atoms with Crippen molar-refractivity contribution in [2.75, 3.05) is 26.3 Å². The van der Waals surface area contributed by atoms with Gasteiger partial charge in [0.25, 0.3) is 0 Å². The minimum absolute atomic E-state index is 0.198. The maximum atomic E-state index is 13.7. The second-order valence-electron chi connectivity index (χ2n) is 8.54. The first-order chi connectivity index (χ1) is 14.5. The SMILES string of the molecule is CCCCN1CC=C[C@]23O[C@H]4C=CCCOC(=O)[C@H]4[C@H]2C(=O)N([C@H](C)CO)C3C1=O. The van der Waals surface area contributed by atoms with Gasteiger partial charge in [0, 0.05) is 13.1 Å². The fraction of sp³-hybridized carbons (Fsp3) is 0.682. The van der Waals surface area contributed by atoms with Gasteiger partial charge in [-0.2, -0.15) is 0 Å². The van der Waals surface area contributed by atoms with Crippen molar-refractivity contribution in [2.45, 2.75) is 56.9 Å². The highest BCUT2D eigenvalue weighted by atomic mass is 16.6. The molecular weight excluding hydrogens is 388 g/mol. The van der Waals surface area contributed by atoms with E-state index >= 15 is 0 Å². The summed E-state index contributed by atoms with van der Waals surface area (Å²) in [6.45, 7) is 4.75. The number of hydrogen-bond donors (Lipinski definition) is 1. The maximum Gasteiger partial charge on any atom is 0.312 e. The number of esters is 1. The number of amides is 2. The van der Waals surface area contributed by atoms with E-state index in [2.05, 4.69) is 6.92 Å². The lowest BCUT2D eigenvalue weighted by molar-refractivity contribution is -0.156. The monoisotopic (exact) mass is 418 g/mol. The molecule has 2 fully saturated rings. The van der Waals surface area contributed by atoms with Crippen LogP contribution in [0.25, 0.3) is 0 Å². The number of ether oxygens (including phenoxy) is 2. The molecule has 4 heterocycles. The Morgan fingerprint density at radius 3 is 2.80 bits per heavy atom. The third-order valence-corrected chi connectivity index (χ3v) is 6.66. The molecule has 2 saturated heterocycles. The second kappa shape index (κ2) is 8.15. The highest BCUT2D eigenvalue weighted by Crippen LogP contribution is 2.53. The lowest BCUT2D eigenvalue weighted by Crippen LogP contribution is -2.57. The third-order valence-electron chi connectivity index (χ3n) is 6.66. The van der Waals surface area contributed by atoms with Crippen LogP contribution in [-0.4, -0.2) is 82.8 Å². The molecule has 0 bridgehead atoms. The summed E-state index contributed by atoms with van der Waals surface area (Å²) in [4.78, 5) is 43.3. The summed E-state index contributed by atoms with van der Waals surface area (Å²) in [5.74, 6) is -2.67. The number of likely N-dealkylation sites (tertiary alicyclic amines) is 1. The molecule has 8 nitrogen and oxygen atoms in total. The smallest absolute Gasteiger partial charge is 0.312 e. The van der Waals surface area contributed by atoms with Crippen LogP contribution in [0.15, 0.2) is 24.3 Å². The largest absolute Gasteiger partial charge is 0.465 e. The predicted molar refractivity (Wildman–Crippen MR) is 107 cm³/mol. The second-order valence-corrected chi connectivity index (χ2v) is 8.54. The number of hydrogen-bond acceptors (Lipinski definition) is 6. The van der Waals surface area contributed by atoms with Gasteiger partial charge in [0.05, 0.1) is 31.3 Å². The van der Waals surface area contributed by atoms with Crippen molar-refractivity contribution in [2.24, 2.45) is 11.8 Å². The molecule has 164 valence electrons. The fourth-order valence-electron chi connectivity index (χ4n) is 5.21. The molecule has 1 unspecified atom stereocenters. The van der Waals surface area contributed by atoms with E-state index in [1.807, 2.05) is 18.2 Å². The van der Waals surface area contributed by atoms with Gasteiger partial charge < -0.3 is 24.4 Å². The molecule has 4 aliphatic rings. The average molecular weight is 418 g/mol. The molecule has 1 N–H and O–H groups in total. The zero-order valence-electron chi connectivity index (χ0n) is 17.5. The summed E-state index contributed by atoms with van der Waals surface area (Å²) in [5.41, 5.74) is -1.25. The lowest BCUT2D eigenvalue weighted by atomic mass is 9.77. The number of aliphatic hydroxyl groups is 1. The molecule has 30 heavy (non-hydrogen) atoms. The molecule has 0 aromatic carbocycles. The van der Waals surface area contributed by atoms with E-state index in [0.29, 0.717) is 19.5 Å². The van der Waals surface area contributed by atoms with E-state index in [9.17, 15) is 19.5 Å². The molecule has 0 aromatic heterocycles. The summed E-state index contributed by atoms with van der Waals surface area (Å²) in [5, 5.41) is 9.81.